The summed E-state index contributed by atoms with van der Waals surface area (Å²) in [6, 6.07) is 11.1. The van der Waals surface area contributed by atoms with E-state index in [9.17, 15) is 8.78 Å². The van der Waals surface area contributed by atoms with Crippen molar-refractivity contribution in [3.63, 3.8) is 0 Å². The van der Waals surface area contributed by atoms with E-state index in [0.29, 0.717) is 23.4 Å². The fourth-order valence-electron chi connectivity index (χ4n) is 2.53. The highest BCUT2D eigenvalue weighted by Crippen LogP contribution is 2.24. The molecule has 0 fully saturated rings. The lowest BCUT2D eigenvalue weighted by molar-refractivity contribution is 0.0683. The van der Waals surface area contributed by atoms with Gasteiger partial charge in [-0.05, 0) is 30.1 Å². The van der Waals surface area contributed by atoms with Gasteiger partial charge in [0.15, 0.2) is 0 Å². The summed E-state index contributed by atoms with van der Waals surface area (Å²) < 4.78 is 27.9. The molecule has 3 aromatic rings. The van der Waals surface area contributed by atoms with Crippen molar-refractivity contribution in [3.05, 3.63) is 52.5 Å². The zero-order valence-electron chi connectivity index (χ0n) is 12.2. The van der Waals surface area contributed by atoms with Gasteiger partial charge in [0.1, 0.15) is 5.82 Å². The molecule has 3 nitrogen and oxygen atoms in total. The van der Waals surface area contributed by atoms with Gasteiger partial charge in [-0.15, -0.1) is 11.3 Å². The highest BCUT2D eigenvalue weighted by Gasteiger charge is 2.19. The van der Waals surface area contributed by atoms with Crippen LogP contribution in [0.1, 0.15) is 24.2 Å². The average molecular weight is 321 g/mol. The summed E-state index contributed by atoms with van der Waals surface area (Å²) in [5, 5.41) is 2.03. The summed E-state index contributed by atoms with van der Waals surface area (Å²) >= 11 is 1.68. The van der Waals surface area contributed by atoms with Crippen LogP contribution in [0, 0.1) is 0 Å². The first kappa shape index (κ1) is 15.1. The number of nitrogens with zero attached hydrogens (tertiary/aromatic N) is 3. The molecule has 0 saturated carbocycles. The van der Waals surface area contributed by atoms with E-state index in [0.717, 1.165) is 17.7 Å². The first-order chi connectivity index (χ1) is 10.7. The van der Waals surface area contributed by atoms with Crippen molar-refractivity contribution in [1.29, 1.82) is 0 Å². The molecule has 3 rings (SSSR count). The van der Waals surface area contributed by atoms with Gasteiger partial charge in [-0.25, -0.2) is 4.98 Å². The molecule has 0 saturated heterocycles. The second-order valence-corrected chi connectivity index (χ2v) is 6.08. The molecule has 2 aromatic heterocycles. The molecule has 1 aromatic carbocycles. The first-order valence-electron chi connectivity index (χ1n) is 7.17. The molecule has 0 amide bonds. The summed E-state index contributed by atoms with van der Waals surface area (Å²) in [5.74, 6) is 0.412. The minimum absolute atomic E-state index is 0.410. The Kier molecular flexibility index (Phi) is 4.49. The number of alkyl halides is 2. The third-order valence-electron chi connectivity index (χ3n) is 3.64. The summed E-state index contributed by atoms with van der Waals surface area (Å²) in [4.78, 5) is 7.74. The maximum atomic E-state index is 13.4. The van der Waals surface area contributed by atoms with Gasteiger partial charge in [-0.2, -0.15) is 8.78 Å². The molecule has 0 aliphatic rings. The Bertz CT molecular complexity index is 737. The number of hydrogen-bond acceptors (Lipinski definition) is 3. The Hall–Kier alpha value is -1.79. The lowest BCUT2D eigenvalue weighted by atomic mass is 10.3. The Morgan fingerprint density at radius 3 is 2.68 bits per heavy atom. The number of aromatic nitrogens is 2. The van der Waals surface area contributed by atoms with Gasteiger partial charge < -0.3 is 0 Å². The van der Waals surface area contributed by atoms with Crippen molar-refractivity contribution in [2.45, 2.75) is 26.6 Å². The Balaban J connectivity index is 1.90. The van der Waals surface area contributed by atoms with Crippen LogP contribution in [0.25, 0.3) is 11.0 Å². The summed E-state index contributed by atoms with van der Waals surface area (Å²) in [6.07, 6.45) is 0. The summed E-state index contributed by atoms with van der Waals surface area (Å²) in [6.45, 7) is 1.39. The molecule has 0 unspecified atom stereocenters. The van der Waals surface area contributed by atoms with Gasteiger partial charge >= 0.3 is 6.55 Å². The van der Waals surface area contributed by atoms with Crippen LogP contribution in [0.5, 0.6) is 0 Å². The van der Waals surface area contributed by atoms with Crippen LogP contribution in [0.15, 0.2) is 41.8 Å². The van der Waals surface area contributed by atoms with Gasteiger partial charge in [-0.3, -0.25) is 9.47 Å². The fraction of sp³-hybridized carbons (Fsp3) is 0.312. The minimum atomic E-state index is -2.58. The number of halogens is 2. The number of hydrogen-bond donors (Lipinski definition) is 0. The van der Waals surface area contributed by atoms with Gasteiger partial charge in [0.05, 0.1) is 17.6 Å². The SMILES string of the molecule is CCN(Cc1cccs1)Cc1nc2ccccc2n1C(F)F. The number of para-hydroxylation sites is 2. The van der Waals surface area contributed by atoms with E-state index in [-0.39, 0.29) is 0 Å². The van der Waals surface area contributed by atoms with E-state index in [2.05, 4.69) is 16.0 Å². The van der Waals surface area contributed by atoms with Crippen molar-refractivity contribution in [1.82, 2.24) is 14.5 Å². The number of fused-ring (bicyclic) bond motifs is 1. The van der Waals surface area contributed by atoms with E-state index in [1.807, 2.05) is 24.4 Å². The Morgan fingerprint density at radius 1 is 1.18 bits per heavy atom. The van der Waals surface area contributed by atoms with Gasteiger partial charge in [0.25, 0.3) is 0 Å². The van der Waals surface area contributed by atoms with E-state index >= 15 is 0 Å². The predicted octanol–water partition coefficient (Wildman–Crippen LogP) is 4.52. The minimum Gasteiger partial charge on any atom is -0.291 e. The Morgan fingerprint density at radius 2 is 2.00 bits per heavy atom. The van der Waals surface area contributed by atoms with Crippen LogP contribution >= 0.6 is 11.3 Å². The first-order valence-corrected chi connectivity index (χ1v) is 8.05. The lowest BCUT2D eigenvalue weighted by Crippen LogP contribution is -2.24. The molecule has 0 bridgehead atoms. The zero-order chi connectivity index (χ0) is 15.5. The van der Waals surface area contributed by atoms with Gasteiger partial charge in [-0.1, -0.05) is 25.1 Å². The summed E-state index contributed by atoms with van der Waals surface area (Å²) in [5.41, 5.74) is 1.10. The van der Waals surface area contributed by atoms with Crippen LogP contribution < -0.4 is 0 Å². The molecule has 2 heterocycles. The van der Waals surface area contributed by atoms with Gasteiger partial charge in [0.2, 0.25) is 0 Å². The van der Waals surface area contributed by atoms with Gasteiger partial charge in [0, 0.05) is 11.4 Å². The van der Waals surface area contributed by atoms with Crippen LogP contribution in [0.4, 0.5) is 8.78 Å². The topological polar surface area (TPSA) is 21.1 Å². The molecular weight excluding hydrogens is 304 g/mol. The largest absolute Gasteiger partial charge is 0.320 e. The molecule has 0 aliphatic carbocycles. The standard InChI is InChI=1S/C16H17F2N3S/c1-2-20(10-12-6-5-9-22-12)11-15-19-13-7-3-4-8-14(13)21(15)16(17)18/h3-9,16H,2,10-11H2,1H3. The maximum absolute atomic E-state index is 13.4. The molecule has 0 spiro atoms. The highest BCUT2D eigenvalue weighted by atomic mass is 32.1. The third kappa shape index (κ3) is 3.03. The molecule has 0 N–H and O–H groups in total. The molecular formula is C16H17F2N3S. The van der Waals surface area contributed by atoms with E-state index in [1.165, 1.54) is 4.88 Å². The van der Waals surface area contributed by atoms with Crippen LogP contribution in [-0.2, 0) is 13.1 Å². The number of imidazole rings is 1. The molecule has 0 radical (unpaired) electrons. The monoisotopic (exact) mass is 321 g/mol. The van der Waals surface area contributed by atoms with E-state index in [4.69, 9.17) is 0 Å². The number of thiophene rings is 1. The fourth-order valence-corrected chi connectivity index (χ4v) is 3.27. The molecule has 0 atom stereocenters. The van der Waals surface area contributed by atoms with Crippen molar-refractivity contribution in [2.24, 2.45) is 0 Å². The number of rotatable bonds is 6. The Labute approximate surface area is 131 Å². The molecule has 22 heavy (non-hydrogen) atoms. The van der Waals surface area contributed by atoms with Crippen LogP contribution in [0.2, 0.25) is 0 Å². The molecule has 0 aliphatic heterocycles. The summed E-state index contributed by atoms with van der Waals surface area (Å²) in [7, 11) is 0. The lowest BCUT2D eigenvalue weighted by Gasteiger charge is -2.19. The second-order valence-electron chi connectivity index (χ2n) is 5.05. The second kappa shape index (κ2) is 6.54. The normalized spacial score (nSPS) is 11.9. The highest BCUT2D eigenvalue weighted by molar-refractivity contribution is 7.09. The van der Waals surface area contributed by atoms with E-state index in [1.54, 1.807) is 29.5 Å². The van der Waals surface area contributed by atoms with Crippen molar-refractivity contribution in [2.75, 3.05) is 6.54 Å². The molecule has 116 valence electrons. The maximum Gasteiger partial charge on any atom is 0.320 e. The molecule has 6 heteroatoms. The average Bonchev–Trinajstić information content (AvgIpc) is 3.12. The van der Waals surface area contributed by atoms with Crippen molar-refractivity contribution < 1.29 is 8.78 Å². The number of benzene rings is 1. The zero-order valence-corrected chi connectivity index (χ0v) is 13.1. The smallest absolute Gasteiger partial charge is 0.291 e. The van der Waals surface area contributed by atoms with Crippen LogP contribution in [-0.4, -0.2) is 21.0 Å². The quantitative estimate of drug-likeness (QED) is 0.666. The van der Waals surface area contributed by atoms with Crippen molar-refractivity contribution in [3.8, 4) is 0 Å². The van der Waals surface area contributed by atoms with E-state index < -0.39 is 6.55 Å². The predicted molar refractivity (Wildman–Crippen MR) is 85.1 cm³/mol. The van der Waals surface area contributed by atoms with Crippen molar-refractivity contribution >= 4 is 22.4 Å². The van der Waals surface area contributed by atoms with Crippen LogP contribution in [0.3, 0.4) is 0 Å². The third-order valence-corrected chi connectivity index (χ3v) is 4.50.